The molecule has 10 heteroatoms. The van der Waals surface area contributed by atoms with Crippen LogP contribution in [0.4, 0.5) is 13.2 Å². The summed E-state index contributed by atoms with van der Waals surface area (Å²) in [5.41, 5.74) is -0.134. The maximum atomic E-state index is 12.9. The summed E-state index contributed by atoms with van der Waals surface area (Å²) in [6, 6.07) is 12.2. The number of nitriles is 1. The van der Waals surface area contributed by atoms with Crippen LogP contribution in [0.15, 0.2) is 58.3 Å². The molecule has 2 aromatic heterocycles. The fourth-order valence-corrected chi connectivity index (χ4v) is 5.16. The molecule has 3 aromatic rings. The average Bonchev–Trinajstić information content (AvgIpc) is 3.41. The third-order valence-electron chi connectivity index (χ3n) is 7.03. The van der Waals surface area contributed by atoms with Crippen LogP contribution in [0.2, 0.25) is 0 Å². The topological polar surface area (TPSA) is 94.8 Å². The van der Waals surface area contributed by atoms with Gasteiger partial charge in [-0.1, -0.05) is 18.2 Å². The second kappa shape index (κ2) is 8.50. The number of H-pyrrole nitrogens is 1. The summed E-state index contributed by atoms with van der Waals surface area (Å²) in [5, 5.41) is 9.05. The van der Waals surface area contributed by atoms with Crippen molar-refractivity contribution in [2.45, 2.75) is 31.0 Å². The van der Waals surface area contributed by atoms with Crippen LogP contribution in [0.1, 0.15) is 29.7 Å². The van der Waals surface area contributed by atoms with E-state index in [1.807, 2.05) is 6.07 Å². The largest absolute Gasteiger partial charge is 0.416 e. The van der Waals surface area contributed by atoms with Gasteiger partial charge in [-0.15, -0.1) is 0 Å². The molecule has 35 heavy (non-hydrogen) atoms. The number of fused-ring (bicyclic) bond motifs is 1. The summed E-state index contributed by atoms with van der Waals surface area (Å²) >= 11 is 0. The number of hydrogen-bond donors (Lipinski definition) is 1. The van der Waals surface area contributed by atoms with Gasteiger partial charge in [0.1, 0.15) is 11.8 Å². The number of alkyl halides is 3. The van der Waals surface area contributed by atoms with E-state index in [9.17, 15) is 22.8 Å². The number of pyridine rings is 1. The highest BCUT2D eigenvalue weighted by molar-refractivity contribution is 5.57. The minimum absolute atomic E-state index is 0.0798. The Kier molecular flexibility index (Phi) is 5.60. The Morgan fingerprint density at radius 1 is 1.14 bits per heavy atom. The summed E-state index contributed by atoms with van der Waals surface area (Å²) in [6.07, 6.45) is -1.23. The lowest BCUT2D eigenvalue weighted by atomic mass is 9.94. The molecule has 2 atom stereocenters. The molecule has 0 spiro atoms. The third-order valence-corrected chi connectivity index (χ3v) is 7.03. The lowest BCUT2D eigenvalue weighted by Gasteiger charge is -2.21. The molecule has 1 aliphatic carbocycles. The number of piperidine rings is 1. The second-order valence-electron chi connectivity index (χ2n) is 9.24. The van der Waals surface area contributed by atoms with Gasteiger partial charge < -0.3 is 4.90 Å². The summed E-state index contributed by atoms with van der Waals surface area (Å²) < 4.78 is 40.1. The molecule has 5 rings (SSSR count). The Balaban J connectivity index is 1.23. The van der Waals surface area contributed by atoms with Gasteiger partial charge in [-0.3, -0.25) is 14.3 Å². The molecule has 1 N–H and O–H groups in total. The molecule has 1 saturated heterocycles. The maximum Gasteiger partial charge on any atom is 0.416 e. The van der Waals surface area contributed by atoms with Crippen molar-refractivity contribution in [3.05, 3.63) is 86.3 Å². The number of likely N-dealkylation sites (tertiary alicyclic amines) is 1. The third kappa shape index (κ3) is 4.39. The highest BCUT2D eigenvalue weighted by Crippen LogP contribution is 2.59. The fraction of sp³-hybridized carbons (Fsp3) is 0.360. The Morgan fingerprint density at radius 3 is 2.63 bits per heavy atom. The van der Waals surface area contributed by atoms with E-state index in [-0.39, 0.29) is 16.7 Å². The highest BCUT2D eigenvalue weighted by atomic mass is 19.4. The number of aryl methyl sites for hydroxylation is 1. The van der Waals surface area contributed by atoms with E-state index in [0.29, 0.717) is 24.6 Å². The van der Waals surface area contributed by atoms with Gasteiger partial charge in [0.2, 0.25) is 0 Å². The van der Waals surface area contributed by atoms with Gasteiger partial charge in [0, 0.05) is 31.2 Å². The summed E-state index contributed by atoms with van der Waals surface area (Å²) in [7, 11) is 0. The molecule has 1 saturated carbocycles. The number of benzene rings is 1. The monoisotopic (exact) mass is 481 g/mol. The van der Waals surface area contributed by atoms with Crippen LogP contribution in [0, 0.1) is 17.2 Å². The molecule has 1 aliphatic heterocycles. The zero-order valence-corrected chi connectivity index (χ0v) is 18.7. The van der Waals surface area contributed by atoms with Gasteiger partial charge in [0.25, 0.3) is 5.56 Å². The molecule has 180 valence electrons. The van der Waals surface area contributed by atoms with E-state index in [0.717, 1.165) is 43.8 Å². The molecule has 2 fully saturated rings. The standard InChI is InChI=1S/C25H22F3N5O2/c26-25(27,28)17-7-5-16(6-8-17)24-11-18(24)13-32(15-24)9-2-10-33-14-20(22(34)31-23(33)35)21-4-1-3-19(12-29)30-21/h1,3-8,14,18H,2,9-11,13,15H2,(H,31,34,35)/t18-,24+/m0/s1. The second-order valence-corrected chi connectivity index (χ2v) is 9.24. The predicted octanol–water partition coefficient (Wildman–Crippen LogP) is 3.15. The predicted molar refractivity (Wildman–Crippen MR) is 122 cm³/mol. The van der Waals surface area contributed by atoms with E-state index in [1.54, 1.807) is 24.3 Å². The number of nitrogens with zero attached hydrogens (tertiary/aromatic N) is 4. The zero-order valence-electron chi connectivity index (χ0n) is 18.7. The fourth-order valence-electron chi connectivity index (χ4n) is 5.16. The number of hydrogen-bond acceptors (Lipinski definition) is 5. The minimum Gasteiger partial charge on any atom is -0.302 e. The van der Waals surface area contributed by atoms with Gasteiger partial charge in [0.15, 0.2) is 0 Å². The smallest absolute Gasteiger partial charge is 0.302 e. The Bertz CT molecular complexity index is 1420. The van der Waals surface area contributed by atoms with Crippen molar-refractivity contribution in [2.75, 3.05) is 19.6 Å². The molecule has 3 heterocycles. The molecule has 0 bridgehead atoms. The number of aromatic amines is 1. The van der Waals surface area contributed by atoms with E-state index in [4.69, 9.17) is 5.26 Å². The van der Waals surface area contributed by atoms with Crippen LogP contribution < -0.4 is 11.2 Å². The number of nitrogens with one attached hydrogen (secondary N) is 1. The normalized spacial score (nSPS) is 21.5. The molecule has 0 unspecified atom stereocenters. The summed E-state index contributed by atoms with van der Waals surface area (Å²) in [6.45, 7) is 2.76. The van der Waals surface area contributed by atoms with Crippen LogP contribution in [-0.4, -0.2) is 39.1 Å². The quantitative estimate of drug-likeness (QED) is 0.584. The van der Waals surface area contributed by atoms with Crippen LogP contribution in [0.25, 0.3) is 11.3 Å². The van der Waals surface area contributed by atoms with Crippen LogP contribution in [-0.2, 0) is 18.1 Å². The van der Waals surface area contributed by atoms with Crippen molar-refractivity contribution in [3.8, 4) is 17.3 Å². The highest BCUT2D eigenvalue weighted by Gasteiger charge is 2.60. The van der Waals surface area contributed by atoms with E-state index in [2.05, 4.69) is 14.9 Å². The van der Waals surface area contributed by atoms with Crippen molar-refractivity contribution in [1.29, 1.82) is 5.26 Å². The number of halogens is 3. The van der Waals surface area contributed by atoms with E-state index in [1.165, 1.54) is 16.8 Å². The molecular weight excluding hydrogens is 459 g/mol. The summed E-state index contributed by atoms with van der Waals surface area (Å²) in [4.78, 5) is 33.3. The first-order valence-corrected chi connectivity index (χ1v) is 11.3. The van der Waals surface area contributed by atoms with Gasteiger partial charge in [-0.05, 0) is 55.1 Å². The van der Waals surface area contributed by atoms with Gasteiger partial charge in [-0.2, -0.15) is 18.4 Å². The zero-order chi connectivity index (χ0) is 24.8. The van der Waals surface area contributed by atoms with Crippen molar-refractivity contribution < 1.29 is 13.2 Å². The number of rotatable bonds is 6. The first-order chi connectivity index (χ1) is 16.7. The van der Waals surface area contributed by atoms with Crippen molar-refractivity contribution in [2.24, 2.45) is 5.92 Å². The molecular formula is C25H22F3N5O2. The lowest BCUT2D eigenvalue weighted by molar-refractivity contribution is -0.137. The molecule has 0 amide bonds. The maximum absolute atomic E-state index is 12.9. The number of aromatic nitrogens is 3. The van der Waals surface area contributed by atoms with Gasteiger partial charge >= 0.3 is 11.9 Å². The van der Waals surface area contributed by atoms with Crippen molar-refractivity contribution >= 4 is 0 Å². The molecule has 7 nitrogen and oxygen atoms in total. The average molecular weight is 481 g/mol. The first kappa shape index (κ1) is 23.1. The van der Waals surface area contributed by atoms with Crippen LogP contribution in [0.3, 0.4) is 0 Å². The summed E-state index contributed by atoms with van der Waals surface area (Å²) in [5.74, 6) is 0.431. The Labute approximate surface area is 198 Å². The first-order valence-electron chi connectivity index (χ1n) is 11.3. The minimum atomic E-state index is -4.34. The molecule has 0 radical (unpaired) electrons. The Hall–Kier alpha value is -3.71. The SMILES string of the molecule is N#Cc1cccc(-c2cn(CCCN3C[C@@H]4C[C@]4(c4ccc(C(F)(F)F)cc4)C3)c(=O)[nH]c2=O)n1. The van der Waals surface area contributed by atoms with Crippen LogP contribution >= 0.6 is 0 Å². The van der Waals surface area contributed by atoms with Gasteiger partial charge in [-0.25, -0.2) is 9.78 Å². The lowest BCUT2D eigenvalue weighted by Crippen LogP contribution is -2.32. The van der Waals surface area contributed by atoms with E-state index < -0.39 is 23.0 Å². The van der Waals surface area contributed by atoms with Crippen molar-refractivity contribution in [1.82, 2.24) is 19.4 Å². The van der Waals surface area contributed by atoms with Crippen molar-refractivity contribution in [3.63, 3.8) is 0 Å². The Morgan fingerprint density at radius 2 is 1.91 bits per heavy atom. The van der Waals surface area contributed by atoms with Crippen LogP contribution in [0.5, 0.6) is 0 Å². The van der Waals surface area contributed by atoms with E-state index >= 15 is 0 Å². The molecule has 2 aliphatic rings. The molecule has 1 aromatic carbocycles. The van der Waals surface area contributed by atoms with Gasteiger partial charge in [0.05, 0.1) is 16.8 Å².